The van der Waals surface area contributed by atoms with Crippen LogP contribution < -0.4 is 5.32 Å². The Bertz CT molecular complexity index is 864. The standard InChI is InChI=1S/C44H79NO5/c1-3-5-7-9-11-13-14-15-16-17-18-19-20-21-22-23-24-25-27-29-35-39-44(49)50-41(36-32-28-26-12-10-8-6-4-2)37-33-30-31-34-38-42(46)45-40-43(47)48/h14-15,17-18,32,36,41H,3-13,16,19-31,33-35,37-40H2,1-2H3,(H,45,46)(H,47,48)/b15-14-,18-17-,36-32-. The Labute approximate surface area is 308 Å². The number of aliphatic carboxylic acids is 1. The molecule has 1 atom stereocenters. The molecule has 0 aromatic heterocycles. The first kappa shape index (κ1) is 47.6. The number of nitrogens with one attached hydrogen (secondary N) is 1. The van der Waals surface area contributed by atoms with Crippen LogP contribution in [0.5, 0.6) is 0 Å². The molecule has 0 saturated heterocycles. The summed E-state index contributed by atoms with van der Waals surface area (Å²) in [5.74, 6) is -1.33. The normalized spacial score (nSPS) is 12.4. The highest BCUT2D eigenvalue weighted by molar-refractivity contribution is 5.80. The van der Waals surface area contributed by atoms with Crippen LogP contribution in [-0.2, 0) is 19.1 Å². The molecule has 0 aromatic rings. The molecular formula is C44H79NO5. The van der Waals surface area contributed by atoms with Gasteiger partial charge in [-0.2, -0.15) is 0 Å². The Kier molecular flexibility index (Phi) is 37.5. The molecule has 1 unspecified atom stereocenters. The summed E-state index contributed by atoms with van der Waals surface area (Å²) < 4.78 is 5.90. The number of unbranched alkanes of at least 4 members (excludes halogenated alkanes) is 23. The van der Waals surface area contributed by atoms with Crippen LogP contribution in [0.3, 0.4) is 0 Å². The maximum Gasteiger partial charge on any atom is 0.322 e. The number of carbonyl (C=O) groups excluding carboxylic acids is 2. The molecule has 0 radical (unpaired) electrons. The second-order valence-corrected chi connectivity index (χ2v) is 14.2. The second kappa shape index (κ2) is 39.4. The van der Waals surface area contributed by atoms with E-state index in [2.05, 4.69) is 55.6 Å². The van der Waals surface area contributed by atoms with E-state index in [1.807, 2.05) is 0 Å². The van der Waals surface area contributed by atoms with E-state index in [4.69, 9.17) is 9.84 Å². The lowest BCUT2D eigenvalue weighted by Crippen LogP contribution is -2.28. The lowest BCUT2D eigenvalue weighted by Gasteiger charge is -2.15. The number of hydrogen-bond acceptors (Lipinski definition) is 4. The van der Waals surface area contributed by atoms with Gasteiger partial charge >= 0.3 is 11.9 Å². The zero-order valence-electron chi connectivity index (χ0n) is 32.7. The average molecular weight is 702 g/mol. The Morgan fingerprint density at radius 2 is 0.980 bits per heavy atom. The van der Waals surface area contributed by atoms with Crippen molar-refractivity contribution in [2.24, 2.45) is 0 Å². The van der Waals surface area contributed by atoms with Gasteiger partial charge in [-0.25, -0.2) is 0 Å². The molecule has 0 aliphatic heterocycles. The largest absolute Gasteiger partial charge is 0.480 e. The number of carboxylic acids is 1. The summed E-state index contributed by atoms with van der Waals surface area (Å²) in [6.07, 6.45) is 48.6. The van der Waals surface area contributed by atoms with Crippen LogP contribution in [0, 0.1) is 0 Å². The first-order valence-corrected chi connectivity index (χ1v) is 21.1. The fourth-order valence-corrected chi connectivity index (χ4v) is 6.10. The summed E-state index contributed by atoms with van der Waals surface area (Å²) >= 11 is 0. The Morgan fingerprint density at radius 3 is 1.50 bits per heavy atom. The van der Waals surface area contributed by atoms with Crippen molar-refractivity contribution in [1.82, 2.24) is 5.32 Å². The van der Waals surface area contributed by atoms with Crippen molar-refractivity contribution in [2.45, 2.75) is 219 Å². The number of carbonyl (C=O) groups is 3. The molecule has 0 heterocycles. The highest BCUT2D eigenvalue weighted by Crippen LogP contribution is 2.16. The zero-order valence-corrected chi connectivity index (χ0v) is 32.7. The van der Waals surface area contributed by atoms with Crippen molar-refractivity contribution in [3.05, 3.63) is 36.5 Å². The van der Waals surface area contributed by atoms with Crippen LogP contribution in [0.1, 0.15) is 213 Å². The van der Waals surface area contributed by atoms with Gasteiger partial charge in [0.15, 0.2) is 0 Å². The van der Waals surface area contributed by atoms with Gasteiger partial charge in [0, 0.05) is 12.8 Å². The Morgan fingerprint density at radius 1 is 0.540 bits per heavy atom. The Balaban J connectivity index is 4.01. The molecular weight excluding hydrogens is 622 g/mol. The molecule has 0 bridgehead atoms. The molecule has 50 heavy (non-hydrogen) atoms. The highest BCUT2D eigenvalue weighted by atomic mass is 16.5. The molecule has 1 amide bonds. The van der Waals surface area contributed by atoms with Gasteiger partial charge in [0.2, 0.25) is 5.91 Å². The maximum atomic E-state index is 12.7. The van der Waals surface area contributed by atoms with E-state index in [0.29, 0.717) is 12.8 Å². The van der Waals surface area contributed by atoms with Crippen LogP contribution in [-0.4, -0.2) is 35.6 Å². The van der Waals surface area contributed by atoms with Crippen molar-refractivity contribution < 1.29 is 24.2 Å². The smallest absolute Gasteiger partial charge is 0.322 e. The predicted molar refractivity (Wildman–Crippen MR) is 212 cm³/mol. The van der Waals surface area contributed by atoms with Crippen LogP contribution in [0.4, 0.5) is 0 Å². The summed E-state index contributed by atoms with van der Waals surface area (Å²) in [6.45, 7) is 4.18. The molecule has 0 aromatic carbocycles. The molecule has 0 aliphatic carbocycles. The van der Waals surface area contributed by atoms with Crippen LogP contribution in [0.2, 0.25) is 0 Å². The second-order valence-electron chi connectivity index (χ2n) is 14.2. The van der Waals surface area contributed by atoms with Crippen molar-refractivity contribution in [2.75, 3.05) is 6.54 Å². The van der Waals surface area contributed by atoms with Crippen LogP contribution in [0.15, 0.2) is 36.5 Å². The number of allylic oxidation sites excluding steroid dienone is 5. The molecule has 0 spiro atoms. The quantitative estimate of drug-likeness (QED) is 0.0380. The third kappa shape index (κ3) is 38.4. The first-order valence-electron chi connectivity index (χ1n) is 21.1. The molecule has 6 heteroatoms. The highest BCUT2D eigenvalue weighted by Gasteiger charge is 2.12. The molecule has 0 fully saturated rings. The minimum absolute atomic E-state index is 0.0859. The average Bonchev–Trinajstić information content (AvgIpc) is 3.10. The third-order valence-corrected chi connectivity index (χ3v) is 9.27. The number of ether oxygens (including phenoxy) is 1. The van der Waals surface area contributed by atoms with E-state index >= 15 is 0 Å². The van der Waals surface area contributed by atoms with E-state index in [9.17, 15) is 14.4 Å². The van der Waals surface area contributed by atoms with Crippen LogP contribution >= 0.6 is 0 Å². The van der Waals surface area contributed by atoms with E-state index in [1.165, 1.54) is 128 Å². The van der Waals surface area contributed by atoms with Crippen molar-refractivity contribution >= 4 is 17.8 Å². The van der Waals surface area contributed by atoms with Gasteiger partial charge in [-0.3, -0.25) is 14.4 Å². The van der Waals surface area contributed by atoms with Gasteiger partial charge in [-0.15, -0.1) is 0 Å². The topological polar surface area (TPSA) is 92.7 Å². The summed E-state index contributed by atoms with van der Waals surface area (Å²) in [7, 11) is 0. The van der Waals surface area contributed by atoms with E-state index in [0.717, 1.165) is 57.8 Å². The fourth-order valence-electron chi connectivity index (χ4n) is 6.10. The minimum Gasteiger partial charge on any atom is -0.480 e. The van der Waals surface area contributed by atoms with Gasteiger partial charge in [-0.1, -0.05) is 160 Å². The minimum atomic E-state index is -1.03. The molecule has 290 valence electrons. The van der Waals surface area contributed by atoms with E-state index in [-0.39, 0.29) is 24.5 Å². The Hall–Kier alpha value is -2.37. The van der Waals surface area contributed by atoms with E-state index < -0.39 is 5.97 Å². The number of esters is 1. The van der Waals surface area contributed by atoms with Crippen molar-refractivity contribution in [3.8, 4) is 0 Å². The van der Waals surface area contributed by atoms with Gasteiger partial charge in [0.05, 0.1) is 0 Å². The summed E-state index contributed by atoms with van der Waals surface area (Å²) in [5.41, 5.74) is 0. The molecule has 0 rings (SSSR count). The van der Waals surface area contributed by atoms with E-state index in [1.54, 1.807) is 0 Å². The van der Waals surface area contributed by atoms with Gasteiger partial charge < -0.3 is 15.2 Å². The maximum absolute atomic E-state index is 12.7. The number of amides is 1. The number of hydrogen-bond donors (Lipinski definition) is 2. The van der Waals surface area contributed by atoms with Crippen LogP contribution in [0.25, 0.3) is 0 Å². The number of carboxylic acid groups (broad SMARTS) is 1. The van der Waals surface area contributed by atoms with Crippen molar-refractivity contribution in [3.63, 3.8) is 0 Å². The predicted octanol–water partition coefficient (Wildman–Crippen LogP) is 12.9. The molecule has 2 N–H and O–H groups in total. The summed E-state index contributed by atoms with van der Waals surface area (Å²) in [6, 6.07) is 0. The molecule has 6 nitrogen and oxygen atoms in total. The number of rotatable bonds is 38. The third-order valence-electron chi connectivity index (χ3n) is 9.27. The van der Waals surface area contributed by atoms with Crippen molar-refractivity contribution in [1.29, 1.82) is 0 Å². The lowest BCUT2D eigenvalue weighted by atomic mass is 10.1. The first-order chi connectivity index (χ1) is 24.5. The van der Waals surface area contributed by atoms with Gasteiger partial charge in [-0.05, 0) is 76.7 Å². The molecule has 0 aliphatic rings. The van der Waals surface area contributed by atoms with Gasteiger partial charge in [0.1, 0.15) is 12.6 Å². The monoisotopic (exact) mass is 702 g/mol. The summed E-state index contributed by atoms with van der Waals surface area (Å²) in [4.78, 5) is 34.9. The fraction of sp³-hybridized carbons (Fsp3) is 0.795. The lowest BCUT2D eigenvalue weighted by molar-refractivity contribution is -0.147. The SMILES string of the molecule is CCCCCCC/C=C\C/C=C\CCCCCCCCCCCC(=O)OC(/C=C\CCCCCCCC)CCCCCCC(=O)NCC(=O)O. The zero-order chi connectivity index (χ0) is 36.6. The summed E-state index contributed by atoms with van der Waals surface area (Å²) in [5, 5.41) is 11.1. The molecule has 0 saturated carbocycles. The van der Waals surface area contributed by atoms with Gasteiger partial charge in [0.25, 0.3) is 0 Å².